The second-order valence-corrected chi connectivity index (χ2v) is 9.30. The number of benzene rings is 1. The minimum atomic E-state index is -1.42. The molecule has 10 heteroatoms. The van der Waals surface area contributed by atoms with Crippen molar-refractivity contribution in [2.24, 2.45) is 11.6 Å². The Morgan fingerprint density at radius 1 is 1.22 bits per heavy atom. The first-order valence-electron chi connectivity index (χ1n) is 12.1. The van der Waals surface area contributed by atoms with Crippen LogP contribution in [0.3, 0.4) is 0 Å². The molecule has 192 valence electrons. The summed E-state index contributed by atoms with van der Waals surface area (Å²) in [5, 5.41) is 4.27. The van der Waals surface area contributed by atoms with Crippen molar-refractivity contribution in [3.63, 3.8) is 0 Å². The third kappa shape index (κ3) is 4.93. The molecule has 2 aromatic heterocycles. The molecule has 1 fully saturated rings. The van der Waals surface area contributed by atoms with Crippen LogP contribution in [0.5, 0.6) is 0 Å². The lowest BCUT2D eigenvalue weighted by molar-refractivity contribution is -0.140. The summed E-state index contributed by atoms with van der Waals surface area (Å²) < 4.78 is 1.46. The van der Waals surface area contributed by atoms with Crippen molar-refractivity contribution in [1.82, 2.24) is 19.5 Å². The standard InChI is InChI=1S/C27H31N7O3/c1-4-18-9-11-31-23(13-18)32-26(37)20-7-5-19(6-8-20)21-10-12-34(29)27(14-21,24(35)17(2)3)33-16-30-15-22(33)25(28)36/h5-9,11,13,15-16,21H,2,4,10,12,14,29H2,1,3H3,(H2,28,36)(H,31,32,37)/t21-,27?/m0/s1. The van der Waals surface area contributed by atoms with Gasteiger partial charge in [0.05, 0.1) is 12.5 Å². The summed E-state index contributed by atoms with van der Waals surface area (Å²) in [5.41, 5.74) is 7.04. The lowest BCUT2D eigenvalue weighted by Crippen LogP contribution is -2.63. The number of hydrogen-bond acceptors (Lipinski definition) is 7. The number of imidazole rings is 1. The lowest BCUT2D eigenvalue weighted by atomic mass is 9.79. The van der Waals surface area contributed by atoms with Gasteiger partial charge in [0.25, 0.3) is 11.8 Å². The molecule has 1 saturated heterocycles. The number of hydrogen-bond donors (Lipinski definition) is 3. The third-order valence-corrected chi connectivity index (χ3v) is 6.88. The van der Waals surface area contributed by atoms with Crippen molar-refractivity contribution in [3.8, 4) is 0 Å². The van der Waals surface area contributed by atoms with E-state index in [0.29, 0.717) is 29.9 Å². The summed E-state index contributed by atoms with van der Waals surface area (Å²) in [7, 11) is 0. The monoisotopic (exact) mass is 501 g/mol. The first kappa shape index (κ1) is 25.9. The molecule has 2 atom stereocenters. The molecule has 0 saturated carbocycles. The number of anilines is 1. The lowest BCUT2D eigenvalue weighted by Gasteiger charge is -2.47. The zero-order chi connectivity index (χ0) is 26.7. The Hall–Kier alpha value is -4.15. The van der Waals surface area contributed by atoms with Gasteiger partial charge in [0, 0.05) is 24.7 Å². The van der Waals surface area contributed by atoms with Gasteiger partial charge in [-0.1, -0.05) is 25.6 Å². The predicted octanol–water partition coefficient (Wildman–Crippen LogP) is 2.74. The average molecular weight is 502 g/mol. The SMILES string of the molecule is C=C(C)C(=O)C1(n2cncc2C(N)=O)C[C@@H](c2ccc(C(=O)Nc3cc(CC)ccn3)cc2)CCN1N. The molecular weight excluding hydrogens is 470 g/mol. The van der Waals surface area contributed by atoms with Gasteiger partial charge < -0.3 is 11.1 Å². The van der Waals surface area contributed by atoms with Crippen molar-refractivity contribution in [3.05, 3.63) is 89.7 Å². The van der Waals surface area contributed by atoms with Gasteiger partial charge in [-0.05, 0) is 66.6 Å². The minimum Gasteiger partial charge on any atom is -0.364 e. The fraction of sp³-hybridized carbons (Fsp3) is 0.296. The van der Waals surface area contributed by atoms with Crippen molar-refractivity contribution in [1.29, 1.82) is 0 Å². The van der Waals surface area contributed by atoms with Crippen LogP contribution in [0.1, 0.15) is 64.6 Å². The van der Waals surface area contributed by atoms with E-state index in [0.717, 1.165) is 17.5 Å². The van der Waals surface area contributed by atoms with E-state index in [1.165, 1.54) is 22.1 Å². The van der Waals surface area contributed by atoms with Gasteiger partial charge in [0.2, 0.25) is 0 Å². The van der Waals surface area contributed by atoms with E-state index < -0.39 is 11.6 Å². The Bertz CT molecular complexity index is 1350. The van der Waals surface area contributed by atoms with E-state index in [4.69, 9.17) is 11.6 Å². The Morgan fingerprint density at radius 2 is 1.95 bits per heavy atom. The number of rotatable bonds is 8. The normalized spacial score (nSPS) is 19.8. The molecule has 5 N–H and O–H groups in total. The van der Waals surface area contributed by atoms with Crippen LogP contribution in [0.4, 0.5) is 5.82 Å². The third-order valence-electron chi connectivity index (χ3n) is 6.88. The highest BCUT2D eigenvalue weighted by Gasteiger charge is 2.50. The van der Waals surface area contributed by atoms with Gasteiger partial charge in [0.15, 0.2) is 11.4 Å². The van der Waals surface area contributed by atoms with E-state index >= 15 is 0 Å². The molecule has 0 radical (unpaired) electrons. The summed E-state index contributed by atoms with van der Waals surface area (Å²) in [6.07, 6.45) is 6.18. The zero-order valence-corrected chi connectivity index (χ0v) is 21.0. The van der Waals surface area contributed by atoms with Crippen LogP contribution in [-0.4, -0.2) is 43.7 Å². The molecule has 3 heterocycles. The van der Waals surface area contributed by atoms with Crippen molar-refractivity contribution >= 4 is 23.4 Å². The number of nitrogens with one attached hydrogen (secondary N) is 1. The Kier molecular flexibility index (Phi) is 7.33. The molecule has 1 aliphatic heterocycles. The number of Topliss-reactive ketones (excluding diaryl/α,β-unsaturated/α-hetero) is 1. The Labute approximate surface area is 215 Å². The molecule has 10 nitrogen and oxygen atoms in total. The summed E-state index contributed by atoms with van der Waals surface area (Å²) in [6, 6.07) is 11.0. The van der Waals surface area contributed by atoms with E-state index in [9.17, 15) is 14.4 Å². The maximum absolute atomic E-state index is 13.6. The highest BCUT2D eigenvalue weighted by atomic mass is 16.2. The van der Waals surface area contributed by atoms with E-state index in [-0.39, 0.29) is 29.7 Å². The van der Waals surface area contributed by atoms with Gasteiger partial charge in [-0.2, -0.15) is 0 Å². The molecule has 4 rings (SSSR count). The van der Waals surface area contributed by atoms with Crippen LogP contribution >= 0.6 is 0 Å². The van der Waals surface area contributed by atoms with Gasteiger partial charge >= 0.3 is 0 Å². The predicted molar refractivity (Wildman–Crippen MR) is 139 cm³/mol. The summed E-state index contributed by atoms with van der Waals surface area (Å²) in [4.78, 5) is 46.7. The van der Waals surface area contributed by atoms with Crippen LogP contribution in [0, 0.1) is 0 Å². The van der Waals surface area contributed by atoms with E-state index in [1.807, 2.05) is 31.2 Å². The summed E-state index contributed by atoms with van der Waals surface area (Å²) in [6.45, 7) is 7.86. The van der Waals surface area contributed by atoms with E-state index in [1.54, 1.807) is 25.3 Å². The molecule has 0 aliphatic carbocycles. The number of hydrazine groups is 1. The van der Waals surface area contributed by atoms with Crippen LogP contribution < -0.4 is 16.9 Å². The van der Waals surface area contributed by atoms with Gasteiger partial charge in [-0.15, -0.1) is 0 Å². The molecular formula is C27H31N7O3. The zero-order valence-electron chi connectivity index (χ0n) is 21.0. The molecule has 1 unspecified atom stereocenters. The number of piperidine rings is 1. The number of aromatic nitrogens is 3. The smallest absolute Gasteiger partial charge is 0.267 e. The quantitative estimate of drug-likeness (QED) is 0.317. The number of nitrogens with zero attached hydrogens (tertiary/aromatic N) is 4. The molecule has 1 aromatic carbocycles. The van der Waals surface area contributed by atoms with Crippen LogP contribution in [0.15, 0.2) is 67.3 Å². The highest BCUT2D eigenvalue weighted by Crippen LogP contribution is 2.42. The van der Waals surface area contributed by atoms with Crippen LogP contribution in [-0.2, 0) is 16.9 Å². The maximum atomic E-state index is 13.6. The minimum absolute atomic E-state index is 0.0819. The Morgan fingerprint density at radius 3 is 2.59 bits per heavy atom. The number of nitrogens with two attached hydrogens (primary N) is 2. The number of carbonyl (C=O) groups excluding carboxylic acids is 3. The number of ketones is 1. The van der Waals surface area contributed by atoms with Crippen molar-refractivity contribution < 1.29 is 14.4 Å². The van der Waals surface area contributed by atoms with Crippen molar-refractivity contribution in [2.75, 3.05) is 11.9 Å². The summed E-state index contributed by atoms with van der Waals surface area (Å²) >= 11 is 0. The van der Waals surface area contributed by atoms with Crippen molar-refractivity contribution in [2.45, 2.75) is 44.7 Å². The Balaban J connectivity index is 1.62. The number of pyridine rings is 1. The second kappa shape index (κ2) is 10.5. The molecule has 1 aliphatic rings. The maximum Gasteiger partial charge on any atom is 0.267 e. The highest BCUT2D eigenvalue weighted by molar-refractivity contribution is 6.04. The van der Waals surface area contributed by atoms with Gasteiger partial charge in [-0.25, -0.2) is 15.0 Å². The molecule has 0 bridgehead atoms. The fourth-order valence-corrected chi connectivity index (χ4v) is 4.87. The first-order valence-corrected chi connectivity index (χ1v) is 12.1. The number of carbonyl (C=O) groups is 3. The fourth-order valence-electron chi connectivity index (χ4n) is 4.87. The number of aryl methyl sites for hydroxylation is 1. The van der Waals surface area contributed by atoms with E-state index in [2.05, 4.69) is 21.9 Å². The van der Waals surface area contributed by atoms with Crippen LogP contribution in [0.2, 0.25) is 0 Å². The van der Waals surface area contributed by atoms with Crippen LogP contribution in [0.25, 0.3) is 0 Å². The topological polar surface area (TPSA) is 149 Å². The molecule has 0 spiro atoms. The molecule has 3 aromatic rings. The second-order valence-electron chi connectivity index (χ2n) is 9.30. The molecule has 2 amide bonds. The summed E-state index contributed by atoms with van der Waals surface area (Å²) in [5.74, 6) is 5.53. The van der Waals surface area contributed by atoms with Gasteiger partial charge in [-0.3, -0.25) is 24.8 Å². The first-order chi connectivity index (χ1) is 17.7. The number of primary amides is 1. The number of amides is 2. The largest absolute Gasteiger partial charge is 0.364 e. The van der Waals surface area contributed by atoms with Gasteiger partial charge in [0.1, 0.15) is 11.5 Å². The average Bonchev–Trinajstić information content (AvgIpc) is 3.40. The molecule has 37 heavy (non-hydrogen) atoms.